The molecule has 108 valence electrons. The fourth-order valence-electron chi connectivity index (χ4n) is 2.82. The van der Waals surface area contributed by atoms with Crippen LogP contribution in [-0.2, 0) is 0 Å². The second-order valence-corrected chi connectivity index (χ2v) is 6.02. The molecule has 1 heterocycles. The Balaban J connectivity index is 2.10. The van der Waals surface area contributed by atoms with Crippen molar-refractivity contribution in [3.8, 4) is 0 Å². The van der Waals surface area contributed by atoms with Crippen molar-refractivity contribution in [1.29, 1.82) is 0 Å². The maximum atomic E-state index is 13.2. The largest absolute Gasteiger partial charge is 0.316 e. The van der Waals surface area contributed by atoms with Crippen LogP contribution in [0.2, 0.25) is 0 Å². The molecule has 3 rings (SSSR count). The first-order valence-corrected chi connectivity index (χ1v) is 7.86. The molecule has 0 amide bonds. The third-order valence-electron chi connectivity index (χ3n) is 3.89. The van der Waals surface area contributed by atoms with E-state index in [1.165, 1.54) is 22.0 Å². The van der Waals surface area contributed by atoms with Crippen molar-refractivity contribution in [2.75, 3.05) is 13.1 Å². The fourth-order valence-corrected chi connectivity index (χ4v) is 3.01. The van der Waals surface area contributed by atoms with E-state index in [2.05, 4.69) is 38.8 Å². The van der Waals surface area contributed by atoms with Crippen LogP contribution in [0, 0.1) is 5.82 Å². The van der Waals surface area contributed by atoms with E-state index in [-0.39, 0.29) is 5.82 Å². The minimum Gasteiger partial charge on any atom is -0.316 e. The molecular weight excluding hydrogens is 280 g/mol. The van der Waals surface area contributed by atoms with Crippen molar-refractivity contribution in [2.24, 2.45) is 0 Å². The van der Waals surface area contributed by atoms with Gasteiger partial charge >= 0.3 is 0 Å². The first-order valence-electron chi connectivity index (χ1n) is 7.28. The summed E-state index contributed by atoms with van der Waals surface area (Å²) in [6.07, 6.45) is 2.10. The third-order valence-corrected chi connectivity index (χ3v) is 4.28. The van der Waals surface area contributed by atoms with Crippen molar-refractivity contribution in [2.45, 2.75) is 12.8 Å². The molecule has 0 saturated carbocycles. The van der Waals surface area contributed by atoms with E-state index in [1.807, 2.05) is 12.1 Å². The highest BCUT2D eigenvalue weighted by Crippen LogP contribution is 2.31. The summed E-state index contributed by atoms with van der Waals surface area (Å²) in [5.41, 5.74) is 5.04. The Bertz CT molecular complexity index is 588. The molecular formula is C18H19FNP. The van der Waals surface area contributed by atoms with Crippen molar-refractivity contribution in [3.05, 3.63) is 71.0 Å². The predicted molar refractivity (Wildman–Crippen MR) is 90.3 cm³/mol. The maximum Gasteiger partial charge on any atom is 0.123 e. The summed E-state index contributed by atoms with van der Waals surface area (Å²) in [7, 11) is 2.71. The van der Waals surface area contributed by atoms with Crippen LogP contribution in [0.4, 0.5) is 4.39 Å². The van der Waals surface area contributed by atoms with Gasteiger partial charge in [0.25, 0.3) is 0 Å². The number of nitrogens with one attached hydrogen (secondary N) is 1. The molecule has 1 unspecified atom stereocenters. The maximum absolute atomic E-state index is 13.2. The zero-order valence-corrected chi connectivity index (χ0v) is 13.1. The lowest BCUT2D eigenvalue weighted by Crippen LogP contribution is -2.23. The summed E-state index contributed by atoms with van der Waals surface area (Å²) in [5, 5.41) is 4.57. The van der Waals surface area contributed by atoms with Gasteiger partial charge in [-0.2, -0.15) is 0 Å². The van der Waals surface area contributed by atoms with Crippen molar-refractivity contribution in [3.63, 3.8) is 0 Å². The summed E-state index contributed by atoms with van der Waals surface area (Å²) in [5.74, 6) is -0.186. The quantitative estimate of drug-likeness (QED) is 0.837. The summed E-state index contributed by atoms with van der Waals surface area (Å²) in [6.45, 7) is 2.03. The molecule has 0 bridgehead atoms. The van der Waals surface area contributed by atoms with Crippen LogP contribution in [0.1, 0.15) is 24.0 Å². The molecule has 1 atom stereocenters. The second-order valence-electron chi connectivity index (χ2n) is 5.36. The topological polar surface area (TPSA) is 12.0 Å². The van der Waals surface area contributed by atoms with Gasteiger partial charge in [0.1, 0.15) is 5.82 Å². The number of hydrogen-bond acceptors (Lipinski definition) is 1. The van der Waals surface area contributed by atoms with Gasteiger partial charge < -0.3 is 5.32 Å². The van der Waals surface area contributed by atoms with Gasteiger partial charge in [-0.3, -0.25) is 0 Å². The molecule has 2 aromatic rings. The van der Waals surface area contributed by atoms with Gasteiger partial charge in [0, 0.05) is 0 Å². The standard InChI is InChI=1S/C18H19FNP/c19-16-5-1-13(2-6-16)18(15-9-11-20-12-10-15)14-3-7-17(21)8-4-14/h1-8,20H,9-12,21H2. The number of benzene rings is 2. The first-order chi connectivity index (χ1) is 10.2. The number of hydrogen-bond donors (Lipinski definition) is 1. The van der Waals surface area contributed by atoms with E-state index in [1.54, 1.807) is 12.1 Å². The molecule has 1 nitrogen and oxygen atoms in total. The zero-order chi connectivity index (χ0) is 14.7. The minimum atomic E-state index is -0.186. The Morgan fingerprint density at radius 2 is 1.38 bits per heavy atom. The summed E-state index contributed by atoms with van der Waals surface area (Å²) in [4.78, 5) is 0. The normalized spacial score (nSPS) is 15.0. The monoisotopic (exact) mass is 299 g/mol. The van der Waals surface area contributed by atoms with Crippen LogP contribution >= 0.6 is 9.24 Å². The van der Waals surface area contributed by atoms with Crippen LogP contribution in [0.15, 0.2) is 54.1 Å². The average Bonchev–Trinajstić information content (AvgIpc) is 2.52. The molecule has 1 fully saturated rings. The molecule has 21 heavy (non-hydrogen) atoms. The summed E-state index contributed by atoms with van der Waals surface area (Å²) < 4.78 is 13.2. The van der Waals surface area contributed by atoms with Crippen LogP contribution in [0.3, 0.4) is 0 Å². The second kappa shape index (κ2) is 6.51. The summed E-state index contributed by atoms with van der Waals surface area (Å²) in [6, 6.07) is 15.4. The van der Waals surface area contributed by atoms with Crippen molar-refractivity contribution >= 4 is 20.1 Å². The predicted octanol–water partition coefficient (Wildman–Crippen LogP) is 3.51. The molecule has 0 radical (unpaired) electrons. The highest BCUT2D eigenvalue weighted by Gasteiger charge is 2.14. The van der Waals surface area contributed by atoms with Gasteiger partial charge in [-0.05, 0) is 60.1 Å². The van der Waals surface area contributed by atoms with Gasteiger partial charge in [-0.15, -0.1) is 9.24 Å². The molecule has 0 spiro atoms. The third kappa shape index (κ3) is 3.40. The fraction of sp³-hybridized carbons (Fsp3) is 0.222. The Kier molecular flexibility index (Phi) is 4.48. The highest BCUT2D eigenvalue weighted by molar-refractivity contribution is 7.27. The van der Waals surface area contributed by atoms with Gasteiger partial charge in [-0.25, -0.2) is 4.39 Å². The van der Waals surface area contributed by atoms with Crippen LogP contribution in [0.5, 0.6) is 0 Å². The Morgan fingerprint density at radius 3 is 1.95 bits per heavy atom. The Hall–Kier alpha value is -1.50. The van der Waals surface area contributed by atoms with Crippen LogP contribution in [-0.4, -0.2) is 13.1 Å². The van der Waals surface area contributed by atoms with Gasteiger partial charge in [0.15, 0.2) is 0 Å². The van der Waals surface area contributed by atoms with Crippen molar-refractivity contribution in [1.82, 2.24) is 5.32 Å². The van der Waals surface area contributed by atoms with E-state index in [0.29, 0.717) is 0 Å². The first kappa shape index (κ1) is 14.4. The smallest absolute Gasteiger partial charge is 0.123 e. The van der Waals surface area contributed by atoms with Gasteiger partial charge in [-0.1, -0.05) is 42.0 Å². The van der Waals surface area contributed by atoms with E-state index in [9.17, 15) is 4.39 Å². The Labute approximate surface area is 127 Å². The highest BCUT2D eigenvalue weighted by atomic mass is 31.0. The minimum absolute atomic E-state index is 0.186. The molecule has 3 heteroatoms. The van der Waals surface area contributed by atoms with Gasteiger partial charge in [0.2, 0.25) is 0 Å². The molecule has 2 aromatic carbocycles. The van der Waals surface area contributed by atoms with Crippen molar-refractivity contribution < 1.29 is 4.39 Å². The molecule has 1 aliphatic rings. The molecule has 0 aliphatic carbocycles. The van der Waals surface area contributed by atoms with E-state index < -0.39 is 0 Å². The molecule has 0 aromatic heterocycles. The lowest BCUT2D eigenvalue weighted by molar-refractivity contribution is 0.611. The number of rotatable bonds is 2. The van der Waals surface area contributed by atoms with E-state index in [4.69, 9.17) is 0 Å². The number of piperidine rings is 1. The molecule has 1 N–H and O–H groups in total. The SMILES string of the molecule is Fc1ccc(C(=C2CCNCC2)c2ccc(P)cc2)cc1. The van der Waals surface area contributed by atoms with E-state index in [0.717, 1.165) is 31.5 Å². The van der Waals surface area contributed by atoms with Gasteiger partial charge in [0.05, 0.1) is 0 Å². The van der Waals surface area contributed by atoms with Crippen LogP contribution in [0.25, 0.3) is 5.57 Å². The Morgan fingerprint density at radius 1 is 0.857 bits per heavy atom. The lowest BCUT2D eigenvalue weighted by Gasteiger charge is -2.21. The molecule has 1 saturated heterocycles. The lowest BCUT2D eigenvalue weighted by atomic mass is 9.89. The van der Waals surface area contributed by atoms with Crippen LogP contribution < -0.4 is 10.6 Å². The zero-order valence-electron chi connectivity index (χ0n) is 11.9. The van der Waals surface area contributed by atoms with E-state index >= 15 is 0 Å². The molecule has 1 aliphatic heterocycles. The number of halogens is 1. The average molecular weight is 299 g/mol. The summed E-state index contributed by atoms with van der Waals surface area (Å²) >= 11 is 0.